The van der Waals surface area contributed by atoms with Gasteiger partial charge >= 0.3 is 0 Å². The second kappa shape index (κ2) is 8.84. The van der Waals surface area contributed by atoms with Crippen molar-refractivity contribution >= 4 is 27.4 Å². The number of aryl methyl sites for hydroxylation is 1. The molecular weight excluding hydrogens is 390 g/mol. The summed E-state index contributed by atoms with van der Waals surface area (Å²) in [5.41, 5.74) is 1.76. The highest BCUT2D eigenvalue weighted by Gasteiger charge is 2.26. The molecule has 1 aromatic heterocycles. The van der Waals surface area contributed by atoms with E-state index in [9.17, 15) is 18.0 Å². The van der Waals surface area contributed by atoms with E-state index in [4.69, 9.17) is 0 Å². The molecule has 154 valence electrons. The van der Waals surface area contributed by atoms with Crippen molar-refractivity contribution in [2.45, 2.75) is 44.6 Å². The van der Waals surface area contributed by atoms with Crippen molar-refractivity contribution in [1.82, 2.24) is 4.31 Å². The second-order valence-electron chi connectivity index (χ2n) is 7.31. The molecule has 1 fully saturated rings. The van der Waals surface area contributed by atoms with Crippen molar-refractivity contribution in [3.05, 3.63) is 53.9 Å². The minimum absolute atomic E-state index is 0.0175. The molecule has 8 heteroatoms. The van der Waals surface area contributed by atoms with Crippen LogP contribution in [-0.2, 0) is 21.4 Å². The van der Waals surface area contributed by atoms with Gasteiger partial charge in [0.15, 0.2) is 18.2 Å². The van der Waals surface area contributed by atoms with Crippen molar-refractivity contribution in [2.75, 3.05) is 18.4 Å². The molecule has 1 amide bonds. The van der Waals surface area contributed by atoms with Crippen LogP contribution in [0.15, 0.2) is 47.6 Å². The molecule has 0 unspecified atom stereocenters. The Morgan fingerprint density at radius 1 is 1.14 bits per heavy atom. The van der Waals surface area contributed by atoms with Crippen molar-refractivity contribution in [1.29, 1.82) is 0 Å². The van der Waals surface area contributed by atoms with Gasteiger partial charge < -0.3 is 5.32 Å². The first-order valence-electron chi connectivity index (χ1n) is 9.68. The van der Waals surface area contributed by atoms with E-state index in [1.807, 2.05) is 6.92 Å². The summed E-state index contributed by atoms with van der Waals surface area (Å²) in [5, 5.41) is 2.80. The van der Waals surface area contributed by atoms with E-state index < -0.39 is 10.0 Å². The number of carbonyl (C=O) groups is 2. The number of sulfonamides is 1. The number of hydrogen-bond donors (Lipinski definition) is 1. The zero-order valence-electron chi connectivity index (χ0n) is 16.7. The molecular formula is C21H26N3O4S+. The van der Waals surface area contributed by atoms with E-state index in [1.165, 1.54) is 17.3 Å². The lowest BCUT2D eigenvalue weighted by Gasteiger charge is -2.26. The smallest absolute Gasteiger partial charge is 0.290 e. The molecule has 3 rings (SSSR count). The number of Topliss-reactive ketones (excluding diaryl/α,β-unsaturated/α-hetero) is 1. The Hall–Kier alpha value is -2.58. The maximum absolute atomic E-state index is 12.9. The molecule has 0 radical (unpaired) electrons. The quantitative estimate of drug-likeness (QED) is 0.578. The van der Waals surface area contributed by atoms with Gasteiger partial charge in [-0.1, -0.05) is 12.5 Å². The number of anilines is 1. The second-order valence-corrected chi connectivity index (χ2v) is 9.25. The number of nitrogens with one attached hydrogen (secondary N) is 1. The maximum Gasteiger partial charge on any atom is 0.290 e. The van der Waals surface area contributed by atoms with Gasteiger partial charge in [-0.05, 0) is 50.5 Å². The minimum atomic E-state index is -3.57. The molecule has 0 aliphatic carbocycles. The van der Waals surface area contributed by atoms with Crippen LogP contribution in [0.2, 0.25) is 0 Å². The molecule has 1 aliphatic heterocycles. The van der Waals surface area contributed by atoms with E-state index in [0.717, 1.165) is 24.8 Å². The van der Waals surface area contributed by atoms with Gasteiger partial charge in [0.1, 0.15) is 0 Å². The summed E-state index contributed by atoms with van der Waals surface area (Å²) in [7, 11) is -3.57. The predicted molar refractivity (Wildman–Crippen MR) is 109 cm³/mol. The molecule has 7 nitrogen and oxygen atoms in total. The Kier molecular flexibility index (Phi) is 6.44. The SMILES string of the molecule is CC(=O)c1ccc[n+](CC(=O)Nc2cc(S(=O)(=O)N3CCCCC3)ccc2C)c1. The fourth-order valence-corrected chi connectivity index (χ4v) is 4.88. The number of benzene rings is 1. The highest BCUT2D eigenvalue weighted by molar-refractivity contribution is 7.89. The van der Waals surface area contributed by atoms with E-state index in [-0.39, 0.29) is 23.1 Å². The van der Waals surface area contributed by atoms with Crippen LogP contribution in [0.5, 0.6) is 0 Å². The number of hydrogen-bond acceptors (Lipinski definition) is 4. The van der Waals surface area contributed by atoms with Crippen LogP contribution in [0.3, 0.4) is 0 Å². The van der Waals surface area contributed by atoms with Crippen LogP contribution >= 0.6 is 0 Å². The van der Waals surface area contributed by atoms with Gasteiger partial charge in [-0.3, -0.25) is 9.59 Å². The fraction of sp³-hybridized carbons (Fsp3) is 0.381. The van der Waals surface area contributed by atoms with Crippen molar-refractivity contribution in [3.8, 4) is 0 Å². The van der Waals surface area contributed by atoms with Crippen molar-refractivity contribution in [2.24, 2.45) is 0 Å². The van der Waals surface area contributed by atoms with E-state index in [2.05, 4.69) is 5.32 Å². The number of ketones is 1. The van der Waals surface area contributed by atoms with Crippen LogP contribution in [0.4, 0.5) is 5.69 Å². The lowest BCUT2D eigenvalue weighted by Crippen LogP contribution is -2.40. The lowest BCUT2D eigenvalue weighted by molar-refractivity contribution is -0.684. The summed E-state index contributed by atoms with van der Waals surface area (Å²) in [4.78, 5) is 24.2. The standard InChI is InChI=1S/C21H25N3O4S/c1-16-8-9-19(29(27,28)24-11-4-3-5-12-24)13-20(16)22-21(26)15-23-10-6-7-18(14-23)17(2)25/h6-10,13-14H,3-5,11-12,15H2,1-2H3/p+1. The van der Waals surface area contributed by atoms with Gasteiger partial charge in [0.2, 0.25) is 16.6 Å². The number of pyridine rings is 1. The van der Waals surface area contributed by atoms with Crippen molar-refractivity contribution < 1.29 is 22.6 Å². The third kappa shape index (κ3) is 5.07. The lowest BCUT2D eigenvalue weighted by atomic mass is 10.2. The number of nitrogens with zero attached hydrogens (tertiary/aromatic N) is 2. The zero-order chi connectivity index (χ0) is 21.0. The van der Waals surface area contributed by atoms with Gasteiger partial charge in [0.05, 0.1) is 10.5 Å². The number of piperidine rings is 1. The van der Waals surface area contributed by atoms with Crippen LogP contribution in [0, 0.1) is 6.92 Å². The zero-order valence-corrected chi connectivity index (χ0v) is 17.5. The van der Waals surface area contributed by atoms with Crippen LogP contribution in [0.1, 0.15) is 42.1 Å². The Bertz CT molecular complexity index is 1030. The first-order valence-corrected chi connectivity index (χ1v) is 11.1. The molecule has 1 saturated heterocycles. The van der Waals surface area contributed by atoms with Gasteiger partial charge in [-0.25, -0.2) is 8.42 Å². The largest absolute Gasteiger partial charge is 0.320 e. The Morgan fingerprint density at radius 3 is 2.55 bits per heavy atom. The number of aromatic nitrogens is 1. The normalized spacial score (nSPS) is 15.1. The molecule has 2 heterocycles. The van der Waals surface area contributed by atoms with Gasteiger partial charge in [0.25, 0.3) is 5.91 Å². The molecule has 29 heavy (non-hydrogen) atoms. The molecule has 1 N–H and O–H groups in total. The van der Waals surface area contributed by atoms with Crippen LogP contribution < -0.4 is 9.88 Å². The topological polar surface area (TPSA) is 87.4 Å². The predicted octanol–water partition coefficient (Wildman–Crippen LogP) is 2.30. The van der Waals surface area contributed by atoms with E-state index in [0.29, 0.717) is 24.3 Å². The third-order valence-electron chi connectivity index (χ3n) is 5.03. The average Bonchev–Trinajstić information content (AvgIpc) is 2.70. The van der Waals surface area contributed by atoms with Crippen LogP contribution in [0.25, 0.3) is 0 Å². The highest BCUT2D eigenvalue weighted by Crippen LogP contribution is 2.25. The fourth-order valence-electron chi connectivity index (χ4n) is 3.33. The number of rotatable bonds is 6. The Labute approximate surface area is 171 Å². The average molecular weight is 417 g/mol. The number of amides is 1. The molecule has 0 bridgehead atoms. The third-order valence-corrected chi connectivity index (χ3v) is 6.92. The van der Waals surface area contributed by atoms with E-state index >= 15 is 0 Å². The van der Waals surface area contributed by atoms with Crippen molar-refractivity contribution in [3.63, 3.8) is 0 Å². The summed E-state index contributed by atoms with van der Waals surface area (Å²) >= 11 is 0. The van der Waals surface area contributed by atoms with Gasteiger partial charge in [0, 0.05) is 24.8 Å². The highest BCUT2D eigenvalue weighted by atomic mass is 32.2. The summed E-state index contributed by atoms with van der Waals surface area (Å²) in [6.45, 7) is 4.36. The Balaban J connectivity index is 1.77. The molecule has 1 aliphatic rings. The maximum atomic E-state index is 12.9. The minimum Gasteiger partial charge on any atom is -0.320 e. The summed E-state index contributed by atoms with van der Waals surface area (Å²) in [6, 6.07) is 8.21. The molecule has 0 spiro atoms. The molecule has 0 saturated carbocycles. The summed E-state index contributed by atoms with van der Waals surface area (Å²) < 4.78 is 28.9. The van der Waals surface area contributed by atoms with Crippen LogP contribution in [-0.4, -0.2) is 37.5 Å². The Morgan fingerprint density at radius 2 is 1.86 bits per heavy atom. The number of carbonyl (C=O) groups excluding carboxylic acids is 2. The summed E-state index contributed by atoms with van der Waals surface area (Å²) in [5.74, 6) is -0.377. The molecule has 1 aromatic carbocycles. The summed E-state index contributed by atoms with van der Waals surface area (Å²) in [6.07, 6.45) is 6.10. The van der Waals surface area contributed by atoms with Gasteiger partial charge in [-0.15, -0.1) is 0 Å². The van der Waals surface area contributed by atoms with Gasteiger partial charge in [-0.2, -0.15) is 8.87 Å². The molecule has 2 aromatic rings. The van der Waals surface area contributed by atoms with E-state index in [1.54, 1.807) is 41.2 Å². The first kappa shape index (κ1) is 21.1. The molecule has 0 atom stereocenters. The first-order chi connectivity index (χ1) is 13.8. The monoisotopic (exact) mass is 416 g/mol.